The first-order chi connectivity index (χ1) is 9.90. The highest BCUT2D eigenvalue weighted by Crippen LogP contribution is 2.25. The van der Waals surface area contributed by atoms with Gasteiger partial charge in [0.05, 0.1) is 11.8 Å². The normalized spacial score (nSPS) is 10.4. The Hall–Kier alpha value is -2.63. The molecule has 110 valence electrons. The van der Waals surface area contributed by atoms with Crippen molar-refractivity contribution in [2.45, 2.75) is 13.5 Å². The number of carboxylic acid groups (broad SMARTS) is 1. The topological polar surface area (TPSA) is 75.4 Å². The third-order valence-electron chi connectivity index (χ3n) is 3.30. The Morgan fingerprint density at radius 3 is 2.67 bits per heavy atom. The first kappa shape index (κ1) is 14.8. The van der Waals surface area contributed by atoms with Crippen molar-refractivity contribution in [3.05, 3.63) is 41.7 Å². The Labute approximate surface area is 122 Å². The summed E-state index contributed by atoms with van der Waals surface area (Å²) in [5.41, 5.74) is 2.55. The van der Waals surface area contributed by atoms with Gasteiger partial charge >= 0.3 is 5.97 Å². The van der Waals surface area contributed by atoms with Gasteiger partial charge in [-0.2, -0.15) is 5.10 Å². The van der Waals surface area contributed by atoms with Crippen molar-refractivity contribution < 1.29 is 14.7 Å². The summed E-state index contributed by atoms with van der Waals surface area (Å²) in [5.74, 6) is -1.01. The Bertz CT molecular complexity index is 689. The molecule has 1 aromatic heterocycles. The lowest BCUT2D eigenvalue weighted by molar-refractivity contribution is -0.129. The second-order valence-corrected chi connectivity index (χ2v) is 5.00. The van der Waals surface area contributed by atoms with Gasteiger partial charge in [0.25, 0.3) is 0 Å². The zero-order valence-electron chi connectivity index (χ0n) is 12.2. The van der Waals surface area contributed by atoms with Gasteiger partial charge in [-0.05, 0) is 24.1 Å². The molecule has 0 spiro atoms. The molecule has 0 radical (unpaired) electrons. The van der Waals surface area contributed by atoms with Crippen LogP contribution < -0.4 is 0 Å². The Balaban J connectivity index is 2.32. The number of aromatic carboxylic acids is 1. The van der Waals surface area contributed by atoms with Crippen molar-refractivity contribution in [1.82, 2.24) is 14.7 Å². The molecule has 1 amide bonds. The van der Waals surface area contributed by atoms with Gasteiger partial charge in [0.2, 0.25) is 5.91 Å². The van der Waals surface area contributed by atoms with E-state index in [-0.39, 0.29) is 18.0 Å². The summed E-state index contributed by atoms with van der Waals surface area (Å²) in [6.07, 6.45) is 3.38. The Kier molecular flexibility index (Phi) is 4.07. The molecule has 0 saturated heterocycles. The number of carbonyl (C=O) groups excluding carboxylic acids is 1. The average molecular weight is 287 g/mol. The van der Waals surface area contributed by atoms with Gasteiger partial charge < -0.3 is 10.0 Å². The fourth-order valence-corrected chi connectivity index (χ4v) is 2.05. The second kappa shape index (κ2) is 5.78. The van der Waals surface area contributed by atoms with E-state index in [9.17, 15) is 9.59 Å². The van der Waals surface area contributed by atoms with Crippen LogP contribution >= 0.6 is 0 Å². The zero-order valence-corrected chi connectivity index (χ0v) is 12.2. The van der Waals surface area contributed by atoms with Crippen LogP contribution in [0.25, 0.3) is 11.1 Å². The summed E-state index contributed by atoms with van der Waals surface area (Å²) in [6, 6.07) is 5.12. The van der Waals surface area contributed by atoms with E-state index in [1.807, 2.05) is 6.07 Å². The summed E-state index contributed by atoms with van der Waals surface area (Å²) in [5, 5.41) is 13.3. The largest absolute Gasteiger partial charge is 0.478 e. The van der Waals surface area contributed by atoms with E-state index in [1.165, 1.54) is 4.90 Å². The number of hydrogen-bond acceptors (Lipinski definition) is 3. The molecule has 0 fully saturated rings. The molecule has 0 atom stereocenters. The number of nitrogens with zero attached hydrogens (tertiary/aromatic N) is 3. The molecule has 0 aliphatic heterocycles. The van der Waals surface area contributed by atoms with Gasteiger partial charge in [-0.25, -0.2) is 4.79 Å². The zero-order chi connectivity index (χ0) is 15.6. The van der Waals surface area contributed by atoms with Crippen LogP contribution in [0, 0.1) is 6.92 Å². The predicted octanol–water partition coefficient (Wildman–Crippen LogP) is 1.64. The Morgan fingerprint density at radius 2 is 2.05 bits per heavy atom. The highest BCUT2D eigenvalue weighted by atomic mass is 16.4. The lowest BCUT2D eigenvalue weighted by Gasteiger charge is -2.09. The number of aromatic nitrogens is 2. The fraction of sp³-hybridized carbons (Fsp3) is 0.267. The molecule has 0 unspecified atom stereocenters. The highest BCUT2D eigenvalue weighted by Gasteiger charge is 2.13. The summed E-state index contributed by atoms with van der Waals surface area (Å²) < 4.78 is 1.55. The van der Waals surface area contributed by atoms with E-state index < -0.39 is 5.97 Å². The minimum Gasteiger partial charge on any atom is -0.478 e. The quantitative estimate of drug-likeness (QED) is 0.927. The summed E-state index contributed by atoms with van der Waals surface area (Å²) in [7, 11) is 3.38. The van der Waals surface area contributed by atoms with Gasteiger partial charge in [0.1, 0.15) is 6.54 Å². The number of carboxylic acids is 1. The monoisotopic (exact) mass is 287 g/mol. The first-order valence-electron chi connectivity index (χ1n) is 6.46. The van der Waals surface area contributed by atoms with Gasteiger partial charge in [-0.3, -0.25) is 9.48 Å². The van der Waals surface area contributed by atoms with Crippen LogP contribution in [-0.4, -0.2) is 45.8 Å². The van der Waals surface area contributed by atoms with Crippen molar-refractivity contribution in [3.8, 4) is 11.1 Å². The van der Waals surface area contributed by atoms with E-state index in [0.717, 1.165) is 11.1 Å². The molecule has 2 aromatic rings. The maximum absolute atomic E-state index is 11.7. The van der Waals surface area contributed by atoms with Crippen LogP contribution in [0.5, 0.6) is 0 Å². The van der Waals surface area contributed by atoms with E-state index in [0.29, 0.717) is 5.56 Å². The van der Waals surface area contributed by atoms with Gasteiger partial charge in [-0.15, -0.1) is 0 Å². The number of rotatable bonds is 4. The van der Waals surface area contributed by atoms with Crippen molar-refractivity contribution in [2.75, 3.05) is 14.1 Å². The number of likely N-dealkylation sites (N-methyl/N-ethyl adjacent to an activating group) is 1. The van der Waals surface area contributed by atoms with Crippen molar-refractivity contribution in [3.63, 3.8) is 0 Å². The van der Waals surface area contributed by atoms with Crippen LogP contribution in [0.2, 0.25) is 0 Å². The molecule has 2 rings (SSSR count). The molecule has 0 saturated carbocycles. The summed E-state index contributed by atoms with van der Waals surface area (Å²) >= 11 is 0. The number of hydrogen-bond donors (Lipinski definition) is 1. The van der Waals surface area contributed by atoms with Crippen LogP contribution in [-0.2, 0) is 11.3 Å². The minimum atomic E-state index is -0.954. The van der Waals surface area contributed by atoms with Crippen molar-refractivity contribution in [1.29, 1.82) is 0 Å². The lowest BCUT2D eigenvalue weighted by Crippen LogP contribution is -2.26. The Morgan fingerprint density at radius 1 is 1.33 bits per heavy atom. The lowest BCUT2D eigenvalue weighted by atomic mass is 9.99. The molecule has 6 nitrogen and oxygen atoms in total. The second-order valence-electron chi connectivity index (χ2n) is 5.00. The number of amides is 1. The van der Waals surface area contributed by atoms with Gasteiger partial charge in [0.15, 0.2) is 0 Å². The minimum absolute atomic E-state index is 0.0549. The number of carbonyl (C=O) groups is 2. The summed E-state index contributed by atoms with van der Waals surface area (Å²) in [6.45, 7) is 1.92. The average Bonchev–Trinajstić information content (AvgIpc) is 2.86. The van der Waals surface area contributed by atoms with Crippen LogP contribution in [0.4, 0.5) is 0 Å². The number of benzene rings is 1. The summed E-state index contributed by atoms with van der Waals surface area (Å²) in [4.78, 5) is 24.3. The van der Waals surface area contributed by atoms with E-state index in [2.05, 4.69) is 5.10 Å². The van der Waals surface area contributed by atoms with E-state index in [1.54, 1.807) is 50.2 Å². The molecule has 0 aliphatic rings. The van der Waals surface area contributed by atoms with E-state index >= 15 is 0 Å². The third kappa shape index (κ3) is 3.10. The maximum atomic E-state index is 11.7. The van der Waals surface area contributed by atoms with Gasteiger partial charge in [-0.1, -0.05) is 12.1 Å². The van der Waals surface area contributed by atoms with Crippen LogP contribution in [0.3, 0.4) is 0 Å². The SMILES string of the molecule is Cc1c(C(=O)O)cccc1-c1cnn(CC(=O)N(C)C)c1. The molecule has 1 aromatic carbocycles. The van der Waals surface area contributed by atoms with Crippen LogP contribution in [0.1, 0.15) is 15.9 Å². The van der Waals surface area contributed by atoms with E-state index in [4.69, 9.17) is 5.11 Å². The molecule has 0 bridgehead atoms. The molecular weight excluding hydrogens is 270 g/mol. The molecule has 0 aliphatic carbocycles. The smallest absolute Gasteiger partial charge is 0.335 e. The molecular formula is C15H17N3O3. The molecule has 1 heterocycles. The third-order valence-corrected chi connectivity index (χ3v) is 3.30. The standard InChI is InChI=1S/C15H17N3O3/c1-10-12(5-4-6-13(10)15(20)21)11-7-16-18(8-11)9-14(19)17(2)3/h4-8H,9H2,1-3H3,(H,20,21). The maximum Gasteiger partial charge on any atom is 0.335 e. The predicted molar refractivity (Wildman–Crippen MR) is 78.1 cm³/mol. The van der Waals surface area contributed by atoms with Crippen LogP contribution in [0.15, 0.2) is 30.6 Å². The molecule has 6 heteroatoms. The van der Waals surface area contributed by atoms with Crippen molar-refractivity contribution >= 4 is 11.9 Å². The molecule has 1 N–H and O–H groups in total. The fourth-order valence-electron chi connectivity index (χ4n) is 2.05. The first-order valence-corrected chi connectivity index (χ1v) is 6.46. The molecule has 21 heavy (non-hydrogen) atoms. The van der Waals surface area contributed by atoms with Gasteiger partial charge in [0, 0.05) is 25.9 Å². The van der Waals surface area contributed by atoms with Crippen molar-refractivity contribution in [2.24, 2.45) is 0 Å². The highest BCUT2D eigenvalue weighted by molar-refractivity contribution is 5.92.